The molecule has 3 nitrogen and oxygen atoms in total. The first kappa shape index (κ1) is 13.3. The Labute approximate surface area is 152 Å². The van der Waals surface area contributed by atoms with Crippen LogP contribution in [0, 0.1) is 12.1 Å². The lowest BCUT2D eigenvalue weighted by Crippen LogP contribution is -1.73. The van der Waals surface area contributed by atoms with Gasteiger partial charge < -0.3 is 13.3 Å². The van der Waals surface area contributed by atoms with Gasteiger partial charge in [-0.1, -0.05) is 48.5 Å². The molecule has 0 amide bonds. The van der Waals surface area contributed by atoms with Crippen LogP contribution in [0.3, 0.4) is 0 Å². The lowest BCUT2D eigenvalue weighted by atomic mass is 10.0. The van der Waals surface area contributed by atoms with Crippen molar-refractivity contribution in [3.63, 3.8) is 0 Å². The lowest BCUT2D eigenvalue weighted by molar-refractivity contribution is 0.658. The van der Waals surface area contributed by atoms with Crippen LogP contribution in [0.5, 0.6) is 0 Å². The Morgan fingerprint density at radius 2 is 1.11 bits per heavy atom. The van der Waals surface area contributed by atoms with E-state index in [0.29, 0.717) is 0 Å². The van der Waals surface area contributed by atoms with Crippen LogP contribution in [0.25, 0.3) is 65.8 Å². The molecular weight excluding hydrogens is 336 g/mol. The molecule has 0 aliphatic carbocycles. The van der Waals surface area contributed by atoms with Crippen molar-refractivity contribution >= 4 is 65.8 Å². The average molecular weight is 346 g/mol. The molecule has 0 atom stereocenters. The highest BCUT2D eigenvalue weighted by Crippen LogP contribution is 2.47. The zero-order valence-corrected chi connectivity index (χ0v) is 14.0. The third kappa shape index (κ3) is 1.50. The minimum Gasteiger partial charge on any atom is -0.455 e. The van der Waals surface area contributed by atoms with Gasteiger partial charge in [0.2, 0.25) is 0 Å². The van der Waals surface area contributed by atoms with Crippen molar-refractivity contribution < 1.29 is 13.3 Å². The van der Waals surface area contributed by atoms with E-state index in [4.69, 9.17) is 13.3 Å². The molecule has 3 heterocycles. The van der Waals surface area contributed by atoms with Gasteiger partial charge in [-0.3, -0.25) is 0 Å². The summed E-state index contributed by atoms with van der Waals surface area (Å²) in [6.45, 7) is 0. The van der Waals surface area contributed by atoms with Gasteiger partial charge in [0, 0.05) is 10.8 Å². The highest BCUT2D eigenvalue weighted by molar-refractivity contribution is 6.36. The maximum absolute atomic E-state index is 6.30. The molecule has 0 unspecified atom stereocenters. The first-order valence-corrected chi connectivity index (χ1v) is 8.79. The van der Waals surface area contributed by atoms with E-state index in [1.807, 2.05) is 48.5 Å². The molecule has 27 heavy (non-hydrogen) atoms. The fraction of sp³-hybridized carbons (Fsp3) is 0. The van der Waals surface area contributed by atoms with Crippen LogP contribution >= 0.6 is 0 Å². The van der Waals surface area contributed by atoms with Crippen LogP contribution in [0.2, 0.25) is 0 Å². The Morgan fingerprint density at radius 1 is 0.556 bits per heavy atom. The van der Waals surface area contributed by atoms with E-state index in [1.165, 1.54) is 0 Å². The van der Waals surface area contributed by atoms with Crippen LogP contribution < -0.4 is 0 Å². The SMILES string of the molecule is c1ccc2oc3c(c2c#1)c1oc2ccccc2c1c1oc2ccccc2c31. The zero-order chi connectivity index (χ0) is 17.5. The molecule has 0 spiro atoms. The van der Waals surface area contributed by atoms with Gasteiger partial charge in [0.25, 0.3) is 0 Å². The number of fused-ring (bicyclic) bond motifs is 12. The molecule has 3 heteroatoms. The van der Waals surface area contributed by atoms with Crippen LogP contribution in [0.1, 0.15) is 0 Å². The summed E-state index contributed by atoms with van der Waals surface area (Å²) in [6, 6.07) is 26.1. The molecule has 0 saturated carbocycles. The number of rotatable bonds is 0. The van der Waals surface area contributed by atoms with Gasteiger partial charge in [-0.2, -0.15) is 0 Å². The third-order valence-electron chi connectivity index (χ3n) is 5.32. The Hall–Kier alpha value is -3.90. The molecule has 0 bridgehead atoms. The standard InChI is InChI=1S/C24H10O3/c1-4-10-16-13(7-1)19-22(25-16)20-15-9-3-6-12-18(15)27-24(20)21-14-8-2-5-11-17(14)26-23(19)21/h1-2,4-8,10-12H. The van der Waals surface area contributed by atoms with Crippen molar-refractivity contribution in [2.24, 2.45) is 0 Å². The van der Waals surface area contributed by atoms with Crippen LogP contribution in [-0.2, 0) is 0 Å². The monoisotopic (exact) mass is 346 g/mol. The Balaban J connectivity index is 1.95. The highest BCUT2D eigenvalue weighted by atomic mass is 16.4. The van der Waals surface area contributed by atoms with E-state index in [-0.39, 0.29) is 0 Å². The van der Waals surface area contributed by atoms with Gasteiger partial charge in [-0.05, 0) is 24.3 Å². The quantitative estimate of drug-likeness (QED) is 0.297. The highest BCUT2D eigenvalue weighted by Gasteiger charge is 2.24. The summed E-state index contributed by atoms with van der Waals surface area (Å²) in [5.74, 6) is 0. The molecule has 0 radical (unpaired) electrons. The summed E-state index contributed by atoms with van der Waals surface area (Å²) in [7, 11) is 0. The van der Waals surface area contributed by atoms with Crippen molar-refractivity contribution in [3.8, 4) is 0 Å². The van der Waals surface area contributed by atoms with Gasteiger partial charge in [0.1, 0.15) is 16.7 Å². The van der Waals surface area contributed by atoms with Crippen molar-refractivity contribution in [2.45, 2.75) is 0 Å². The third-order valence-corrected chi connectivity index (χ3v) is 5.32. The molecule has 0 saturated heterocycles. The minimum atomic E-state index is 0.767. The van der Waals surface area contributed by atoms with E-state index in [2.05, 4.69) is 24.3 Å². The summed E-state index contributed by atoms with van der Waals surface area (Å²) in [5, 5.41) is 5.82. The van der Waals surface area contributed by atoms with Crippen molar-refractivity contribution in [1.82, 2.24) is 0 Å². The molecule has 7 rings (SSSR count). The molecule has 0 aliphatic heterocycles. The number of furan rings is 3. The van der Waals surface area contributed by atoms with Crippen molar-refractivity contribution in [3.05, 3.63) is 72.8 Å². The second-order valence-electron chi connectivity index (χ2n) is 6.75. The molecule has 0 fully saturated rings. The van der Waals surface area contributed by atoms with Crippen LogP contribution in [0.15, 0.2) is 73.9 Å². The summed E-state index contributed by atoms with van der Waals surface area (Å²) in [6.07, 6.45) is 0. The second-order valence-corrected chi connectivity index (χ2v) is 6.75. The normalized spacial score (nSPS) is 12.1. The van der Waals surface area contributed by atoms with Gasteiger partial charge in [0.15, 0.2) is 16.7 Å². The summed E-state index contributed by atoms with van der Waals surface area (Å²) in [5.41, 5.74) is 4.77. The van der Waals surface area contributed by atoms with Crippen molar-refractivity contribution in [2.75, 3.05) is 0 Å². The van der Waals surface area contributed by atoms with Gasteiger partial charge in [-0.15, -0.1) is 0 Å². The maximum atomic E-state index is 6.30. The van der Waals surface area contributed by atoms with Gasteiger partial charge in [0.05, 0.1) is 21.5 Å². The molecule has 7 aromatic rings. The lowest BCUT2D eigenvalue weighted by Gasteiger charge is -1.95. The van der Waals surface area contributed by atoms with E-state index in [9.17, 15) is 0 Å². The topological polar surface area (TPSA) is 39.4 Å². The van der Waals surface area contributed by atoms with Gasteiger partial charge in [-0.25, -0.2) is 0 Å². The first-order chi connectivity index (χ1) is 13.4. The number of para-hydroxylation sites is 2. The molecular formula is C24H10O3. The van der Waals surface area contributed by atoms with Crippen LogP contribution in [-0.4, -0.2) is 0 Å². The van der Waals surface area contributed by atoms with Crippen LogP contribution in [0.4, 0.5) is 0 Å². The maximum Gasteiger partial charge on any atom is 0.151 e. The average Bonchev–Trinajstić information content (AvgIpc) is 3.38. The summed E-state index contributed by atoms with van der Waals surface area (Å²) in [4.78, 5) is 0. The fourth-order valence-corrected chi connectivity index (χ4v) is 4.21. The molecule has 0 N–H and O–H groups in total. The summed E-state index contributed by atoms with van der Waals surface area (Å²) >= 11 is 0. The first-order valence-electron chi connectivity index (χ1n) is 8.79. The molecule has 124 valence electrons. The van der Waals surface area contributed by atoms with Gasteiger partial charge >= 0.3 is 0 Å². The Morgan fingerprint density at radius 3 is 1.78 bits per heavy atom. The Kier molecular flexibility index (Phi) is 2.19. The molecule has 3 aromatic heterocycles. The fourth-order valence-electron chi connectivity index (χ4n) is 4.21. The predicted octanol–water partition coefficient (Wildman–Crippen LogP) is 6.99. The predicted molar refractivity (Wildman–Crippen MR) is 106 cm³/mol. The van der Waals surface area contributed by atoms with E-state index >= 15 is 0 Å². The number of hydrogen-bond acceptors (Lipinski definition) is 3. The zero-order valence-electron chi connectivity index (χ0n) is 14.0. The molecule has 0 aliphatic rings. The summed E-state index contributed by atoms with van der Waals surface area (Å²) < 4.78 is 18.8. The number of hydrogen-bond donors (Lipinski definition) is 0. The van der Waals surface area contributed by atoms with Crippen molar-refractivity contribution in [1.29, 1.82) is 0 Å². The second kappa shape index (κ2) is 4.44. The van der Waals surface area contributed by atoms with E-state index in [1.54, 1.807) is 0 Å². The number of benzene rings is 3. The van der Waals surface area contributed by atoms with E-state index < -0.39 is 0 Å². The molecule has 4 aromatic carbocycles. The largest absolute Gasteiger partial charge is 0.455 e. The van der Waals surface area contributed by atoms with E-state index in [0.717, 1.165) is 65.8 Å². The Bertz CT molecular complexity index is 1440. The minimum absolute atomic E-state index is 0.767. The smallest absolute Gasteiger partial charge is 0.151 e.